The second kappa shape index (κ2) is 13.8. The molecule has 0 saturated carbocycles. The van der Waals surface area contributed by atoms with Gasteiger partial charge in [-0.25, -0.2) is 14.2 Å². The molecule has 1 saturated heterocycles. The number of rotatable bonds is 11. The van der Waals surface area contributed by atoms with Crippen molar-refractivity contribution in [2.45, 2.75) is 72.3 Å². The van der Waals surface area contributed by atoms with Crippen LogP contribution in [0.25, 0.3) is 11.0 Å². The monoisotopic (exact) mass is 626 g/mol. The fourth-order valence-corrected chi connectivity index (χ4v) is 5.94. The summed E-state index contributed by atoms with van der Waals surface area (Å²) in [6.07, 6.45) is 1.60. The molecule has 0 aliphatic carbocycles. The smallest absolute Gasteiger partial charge is 0.343 e. The van der Waals surface area contributed by atoms with Crippen molar-refractivity contribution in [3.05, 3.63) is 63.7 Å². The van der Waals surface area contributed by atoms with Gasteiger partial charge in [-0.15, -0.1) is 0 Å². The molecule has 0 spiro atoms. The van der Waals surface area contributed by atoms with Gasteiger partial charge in [-0.2, -0.15) is 0 Å². The summed E-state index contributed by atoms with van der Waals surface area (Å²) in [5.41, 5.74) is 1.53. The van der Waals surface area contributed by atoms with Gasteiger partial charge in [-0.05, 0) is 54.7 Å². The van der Waals surface area contributed by atoms with E-state index in [1.807, 2.05) is 4.57 Å². The van der Waals surface area contributed by atoms with E-state index in [2.05, 4.69) is 57.9 Å². The van der Waals surface area contributed by atoms with Gasteiger partial charge in [0.05, 0.1) is 43.5 Å². The summed E-state index contributed by atoms with van der Waals surface area (Å²) in [5, 5.41) is 3.75. The molecule has 44 heavy (non-hydrogen) atoms. The first-order valence-electron chi connectivity index (χ1n) is 15.5. The predicted molar refractivity (Wildman–Crippen MR) is 176 cm³/mol. The molecule has 1 unspecified atom stereocenters. The highest BCUT2D eigenvalue weighted by molar-refractivity contribution is 6.74. The van der Waals surface area contributed by atoms with Gasteiger partial charge in [0.25, 0.3) is 0 Å². The number of morpholine rings is 1. The van der Waals surface area contributed by atoms with Gasteiger partial charge in [-0.1, -0.05) is 46.8 Å². The number of anilines is 2. The number of aromatic nitrogens is 2. The zero-order chi connectivity index (χ0) is 32.2. The Labute approximate surface area is 260 Å². The van der Waals surface area contributed by atoms with Gasteiger partial charge >= 0.3 is 5.97 Å². The normalized spacial score (nSPS) is 15.1. The number of ether oxygens (including phenoxy) is 2. The van der Waals surface area contributed by atoms with Crippen LogP contribution in [0.5, 0.6) is 0 Å². The molecule has 1 atom stereocenters. The third-order valence-electron chi connectivity index (χ3n) is 8.73. The largest absolute Gasteiger partial charge is 0.462 e. The second-order valence-electron chi connectivity index (χ2n) is 13.2. The summed E-state index contributed by atoms with van der Waals surface area (Å²) in [7, 11) is -2.11. The van der Waals surface area contributed by atoms with Gasteiger partial charge in [0.15, 0.2) is 14.1 Å². The van der Waals surface area contributed by atoms with Crippen molar-refractivity contribution in [1.29, 1.82) is 0 Å². The number of halogens is 1. The van der Waals surface area contributed by atoms with E-state index >= 15 is 0 Å². The van der Waals surface area contributed by atoms with Crippen LogP contribution in [0, 0.1) is 11.7 Å². The van der Waals surface area contributed by atoms with Crippen LogP contribution in [0.4, 0.5) is 15.9 Å². The average Bonchev–Trinajstić information content (AvgIpc) is 2.97. The number of fused-ring (bicyclic) bond motifs is 1. The van der Waals surface area contributed by atoms with Gasteiger partial charge in [0, 0.05) is 25.8 Å². The summed E-state index contributed by atoms with van der Waals surface area (Å²) < 4.78 is 33.1. The first-order chi connectivity index (χ1) is 20.7. The van der Waals surface area contributed by atoms with Crippen molar-refractivity contribution in [3.8, 4) is 0 Å². The Morgan fingerprint density at radius 1 is 1.16 bits per heavy atom. The van der Waals surface area contributed by atoms with Gasteiger partial charge in [0.1, 0.15) is 17.0 Å². The van der Waals surface area contributed by atoms with E-state index in [-0.39, 0.29) is 35.0 Å². The lowest BCUT2D eigenvalue weighted by molar-refractivity contribution is 0.0523. The fourth-order valence-electron chi connectivity index (χ4n) is 4.92. The Hall–Kier alpha value is -3.28. The second-order valence-corrected chi connectivity index (χ2v) is 18.0. The van der Waals surface area contributed by atoms with Crippen LogP contribution in [-0.2, 0) is 20.4 Å². The highest BCUT2D eigenvalue weighted by Gasteiger charge is 2.38. The summed E-state index contributed by atoms with van der Waals surface area (Å²) in [6.45, 7) is 20.3. The minimum Gasteiger partial charge on any atom is -0.462 e. The van der Waals surface area contributed by atoms with Crippen molar-refractivity contribution >= 4 is 36.8 Å². The van der Waals surface area contributed by atoms with Gasteiger partial charge < -0.3 is 28.7 Å². The van der Waals surface area contributed by atoms with E-state index in [0.29, 0.717) is 62.0 Å². The molecule has 0 amide bonds. The molecule has 1 fully saturated rings. The van der Waals surface area contributed by atoms with E-state index in [4.69, 9.17) is 18.9 Å². The molecule has 1 N–H and O–H groups in total. The third kappa shape index (κ3) is 7.50. The number of carbonyl (C=O) groups excluding carboxylic acids is 1. The Morgan fingerprint density at radius 2 is 1.82 bits per heavy atom. The molecule has 11 heteroatoms. The van der Waals surface area contributed by atoms with Crippen LogP contribution in [-0.4, -0.2) is 63.4 Å². The van der Waals surface area contributed by atoms with E-state index in [0.717, 1.165) is 5.56 Å². The predicted octanol–water partition coefficient (Wildman–Crippen LogP) is 6.38. The summed E-state index contributed by atoms with van der Waals surface area (Å²) in [6, 6.07) is 7.84. The maximum absolute atomic E-state index is 13.9. The molecular formula is C33H47FN4O5Si. The molecule has 3 aromatic rings. The molecule has 1 aliphatic rings. The van der Waals surface area contributed by atoms with Crippen molar-refractivity contribution in [2.24, 2.45) is 5.92 Å². The van der Waals surface area contributed by atoms with Crippen LogP contribution in [0.1, 0.15) is 63.5 Å². The third-order valence-corrected chi connectivity index (χ3v) is 13.2. The lowest BCUT2D eigenvalue weighted by Gasteiger charge is -2.38. The van der Waals surface area contributed by atoms with Crippen LogP contribution in [0.3, 0.4) is 0 Å². The zero-order valence-electron chi connectivity index (χ0n) is 27.3. The van der Waals surface area contributed by atoms with Crippen molar-refractivity contribution in [2.75, 3.05) is 49.7 Å². The molecule has 1 aromatic carbocycles. The lowest BCUT2D eigenvalue weighted by atomic mass is 10.0. The quantitative estimate of drug-likeness (QED) is 0.194. The summed E-state index contributed by atoms with van der Waals surface area (Å²) in [4.78, 5) is 34.3. The molecule has 240 valence electrons. The van der Waals surface area contributed by atoms with E-state index in [1.165, 1.54) is 12.1 Å². The minimum absolute atomic E-state index is 0.0169. The van der Waals surface area contributed by atoms with E-state index in [9.17, 15) is 14.0 Å². The van der Waals surface area contributed by atoms with E-state index in [1.54, 1.807) is 31.3 Å². The maximum Gasteiger partial charge on any atom is 0.343 e. The van der Waals surface area contributed by atoms with Crippen LogP contribution < -0.4 is 15.6 Å². The van der Waals surface area contributed by atoms with Crippen molar-refractivity contribution in [1.82, 2.24) is 9.55 Å². The number of nitrogens with one attached hydrogen (secondary N) is 1. The highest BCUT2D eigenvalue weighted by Crippen LogP contribution is 2.38. The number of carbonyl (C=O) groups is 1. The standard InChI is InChI=1S/C33H47FN4O5Si/c1-9-42-32(40)26-20-38(28(22(2)3)21-43-44(7,8)33(4,5)6)30-25(29(26)39)18-27(31(36-30)37-14-16-41-17-15-37)35-19-23-10-12-24(34)13-11-23/h10-13,18,20,22,28,35H,9,14-17,19,21H2,1-8H3. The highest BCUT2D eigenvalue weighted by atomic mass is 28.4. The summed E-state index contributed by atoms with van der Waals surface area (Å²) >= 11 is 0. The molecule has 0 bridgehead atoms. The first-order valence-corrected chi connectivity index (χ1v) is 18.4. The fraction of sp³-hybridized carbons (Fsp3) is 0.545. The Morgan fingerprint density at radius 3 is 2.41 bits per heavy atom. The number of nitrogens with zero attached hydrogens (tertiary/aromatic N) is 3. The zero-order valence-corrected chi connectivity index (χ0v) is 28.3. The Bertz CT molecular complexity index is 1510. The molecule has 4 rings (SSSR count). The maximum atomic E-state index is 13.9. The number of hydrogen-bond donors (Lipinski definition) is 1. The molecule has 0 radical (unpaired) electrons. The van der Waals surface area contributed by atoms with Crippen LogP contribution in [0.15, 0.2) is 41.3 Å². The number of benzene rings is 1. The van der Waals surface area contributed by atoms with Crippen molar-refractivity contribution in [3.63, 3.8) is 0 Å². The van der Waals surface area contributed by atoms with Gasteiger partial charge in [0.2, 0.25) is 5.43 Å². The topological polar surface area (TPSA) is 94.9 Å². The van der Waals surface area contributed by atoms with Crippen LogP contribution in [0.2, 0.25) is 18.1 Å². The minimum atomic E-state index is -2.11. The number of hydrogen-bond acceptors (Lipinski definition) is 8. The molecule has 3 heterocycles. The first kappa shape index (κ1) is 33.6. The molecule has 9 nitrogen and oxygen atoms in total. The molecular weight excluding hydrogens is 579 g/mol. The van der Waals surface area contributed by atoms with Gasteiger partial charge in [-0.3, -0.25) is 4.79 Å². The Balaban J connectivity index is 1.91. The number of pyridine rings is 2. The lowest BCUT2D eigenvalue weighted by Crippen LogP contribution is -2.42. The molecule has 1 aliphatic heterocycles. The van der Waals surface area contributed by atoms with Crippen molar-refractivity contribution < 1.29 is 23.1 Å². The number of esters is 1. The molecule has 2 aromatic heterocycles. The van der Waals surface area contributed by atoms with E-state index < -0.39 is 19.7 Å². The SMILES string of the molecule is CCOC(=O)c1cn(C(CO[Si](C)(C)C(C)(C)C)C(C)C)c2nc(N3CCOCC3)c(NCc3ccc(F)cc3)cc2c1=O. The average molecular weight is 627 g/mol. The summed E-state index contributed by atoms with van der Waals surface area (Å²) in [5.74, 6) is -0.184. The van der Waals surface area contributed by atoms with Crippen LogP contribution >= 0.6 is 0 Å². The Kier molecular flexibility index (Phi) is 10.5.